The van der Waals surface area contributed by atoms with Crippen molar-refractivity contribution >= 4 is 5.91 Å². The minimum atomic E-state index is -0.193. The molecule has 0 aliphatic heterocycles. The highest BCUT2D eigenvalue weighted by atomic mass is 16.1. The highest BCUT2D eigenvalue weighted by molar-refractivity contribution is 5.92. The number of aryl methyl sites for hydroxylation is 1. The normalized spacial score (nSPS) is 18.3. The van der Waals surface area contributed by atoms with E-state index in [1.165, 1.54) is 11.1 Å². The molecule has 0 saturated heterocycles. The van der Waals surface area contributed by atoms with Gasteiger partial charge in [-0.05, 0) is 48.4 Å². The van der Waals surface area contributed by atoms with Gasteiger partial charge in [0, 0.05) is 0 Å². The summed E-state index contributed by atoms with van der Waals surface area (Å²) in [5, 5.41) is 12.1. The molecule has 0 radical (unpaired) electrons. The van der Waals surface area contributed by atoms with Crippen LogP contribution >= 0.6 is 0 Å². The standard InChI is InChI=1S/C20H21N3O/c1-13-14(12-21)8-9-18(22-13)19(24)23-17-10-11-20(2,3)16-7-5-4-6-15(16)17/h4-9,17H,10-11H2,1-3H3,(H,23,24). The molecule has 1 aliphatic rings. The van der Waals surface area contributed by atoms with E-state index < -0.39 is 0 Å². The Balaban J connectivity index is 1.85. The minimum Gasteiger partial charge on any atom is -0.344 e. The first-order valence-electron chi connectivity index (χ1n) is 8.20. The Morgan fingerprint density at radius 2 is 2.04 bits per heavy atom. The summed E-state index contributed by atoms with van der Waals surface area (Å²) in [5.41, 5.74) is 4.04. The molecule has 1 aromatic heterocycles. The number of pyridine rings is 1. The van der Waals surface area contributed by atoms with Gasteiger partial charge in [-0.2, -0.15) is 5.26 Å². The topological polar surface area (TPSA) is 65.8 Å². The molecule has 0 spiro atoms. The summed E-state index contributed by atoms with van der Waals surface area (Å²) in [4.78, 5) is 16.8. The van der Waals surface area contributed by atoms with Gasteiger partial charge < -0.3 is 5.32 Å². The Labute approximate surface area is 142 Å². The maximum absolute atomic E-state index is 12.6. The highest BCUT2D eigenvalue weighted by Gasteiger charge is 2.33. The molecule has 1 N–H and O–H groups in total. The van der Waals surface area contributed by atoms with E-state index in [9.17, 15) is 4.79 Å². The molecule has 4 nitrogen and oxygen atoms in total. The number of carbonyl (C=O) groups excluding carboxylic acids is 1. The number of nitrogens with one attached hydrogen (secondary N) is 1. The van der Waals surface area contributed by atoms with E-state index in [0.29, 0.717) is 17.0 Å². The number of hydrogen-bond donors (Lipinski definition) is 1. The number of aromatic nitrogens is 1. The second kappa shape index (κ2) is 6.09. The van der Waals surface area contributed by atoms with Crippen LogP contribution in [0.25, 0.3) is 0 Å². The zero-order valence-corrected chi connectivity index (χ0v) is 14.3. The molecular weight excluding hydrogens is 298 g/mol. The van der Waals surface area contributed by atoms with Gasteiger partial charge in [0.15, 0.2) is 0 Å². The molecule has 122 valence electrons. The van der Waals surface area contributed by atoms with E-state index in [2.05, 4.69) is 48.4 Å². The van der Waals surface area contributed by atoms with Crippen molar-refractivity contribution in [2.75, 3.05) is 0 Å². The van der Waals surface area contributed by atoms with Crippen molar-refractivity contribution in [3.8, 4) is 6.07 Å². The van der Waals surface area contributed by atoms with Crippen LogP contribution in [0.15, 0.2) is 36.4 Å². The first-order chi connectivity index (χ1) is 11.4. The Kier molecular flexibility index (Phi) is 4.11. The summed E-state index contributed by atoms with van der Waals surface area (Å²) in [6.45, 7) is 6.23. The monoisotopic (exact) mass is 319 g/mol. The van der Waals surface area contributed by atoms with Crippen molar-refractivity contribution < 1.29 is 4.79 Å². The predicted octanol–water partition coefficient (Wildman–Crippen LogP) is 3.80. The van der Waals surface area contributed by atoms with E-state index in [-0.39, 0.29) is 17.4 Å². The van der Waals surface area contributed by atoms with Gasteiger partial charge >= 0.3 is 0 Å². The van der Waals surface area contributed by atoms with E-state index in [1.807, 2.05) is 6.07 Å². The molecule has 1 unspecified atom stereocenters. The minimum absolute atomic E-state index is 0.000487. The Morgan fingerprint density at radius 1 is 1.29 bits per heavy atom. The van der Waals surface area contributed by atoms with Gasteiger partial charge in [-0.1, -0.05) is 38.1 Å². The molecule has 1 amide bonds. The van der Waals surface area contributed by atoms with Crippen LogP contribution in [0.1, 0.15) is 65.6 Å². The fourth-order valence-corrected chi connectivity index (χ4v) is 3.40. The van der Waals surface area contributed by atoms with Crippen LogP contribution in [-0.2, 0) is 5.41 Å². The average molecular weight is 319 g/mol. The van der Waals surface area contributed by atoms with Gasteiger partial charge in [-0.15, -0.1) is 0 Å². The number of fused-ring (bicyclic) bond motifs is 1. The van der Waals surface area contributed by atoms with Crippen molar-refractivity contribution in [1.29, 1.82) is 5.26 Å². The molecule has 1 heterocycles. The van der Waals surface area contributed by atoms with Gasteiger partial charge in [0.25, 0.3) is 5.91 Å². The summed E-state index contributed by atoms with van der Waals surface area (Å²) in [5.74, 6) is -0.193. The van der Waals surface area contributed by atoms with E-state index in [1.54, 1.807) is 19.1 Å². The summed E-state index contributed by atoms with van der Waals surface area (Å²) in [6.07, 6.45) is 1.93. The lowest BCUT2D eigenvalue weighted by Crippen LogP contribution is -2.36. The lowest BCUT2D eigenvalue weighted by atomic mass is 9.71. The number of nitriles is 1. The fraction of sp³-hybridized carbons (Fsp3) is 0.350. The second-order valence-corrected chi connectivity index (χ2v) is 6.98. The summed E-state index contributed by atoms with van der Waals surface area (Å²) >= 11 is 0. The van der Waals surface area contributed by atoms with Crippen LogP contribution in [0.4, 0.5) is 0 Å². The Hall–Kier alpha value is -2.67. The number of rotatable bonds is 2. The third-order valence-corrected chi connectivity index (χ3v) is 4.87. The quantitative estimate of drug-likeness (QED) is 0.915. The van der Waals surface area contributed by atoms with Gasteiger partial charge in [-0.3, -0.25) is 4.79 Å². The first-order valence-corrected chi connectivity index (χ1v) is 8.20. The molecule has 4 heteroatoms. The molecular formula is C20H21N3O. The zero-order chi connectivity index (χ0) is 17.3. The molecule has 24 heavy (non-hydrogen) atoms. The third-order valence-electron chi connectivity index (χ3n) is 4.87. The maximum Gasteiger partial charge on any atom is 0.270 e. The van der Waals surface area contributed by atoms with Crippen molar-refractivity contribution in [3.63, 3.8) is 0 Å². The van der Waals surface area contributed by atoms with E-state index >= 15 is 0 Å². The molecule has 0 fully saturated rings. The van der Waals surface area contributed by atoms with Crippen LogP contribution in [0.5, 0.6) is 0 Å². The lowest BCUT2D eigenvalue weighted by molar-refractivity contribution is 0.0924. The van der Waals surface area contributed by atoms with E-state index in [4.69, 9.17) is 5.26 Å². The average Bonchev–Trinajstić information content (AvgIpc) is 2.57. The predicted molar refractivity (Wildman–Crippen MR) is 92.6 cm³/mol. The van der Waals surface area contributed by atoms with Gasteiger partial charge in [0.2, 0.25) is 0 Å². The highest BCUT2D eigenvalue weighted by Crippen LogP contribution is 2.41. The van der Waals surface area contributed by atoms with Crippen LogP contribution in [0.3, 0.4) is 0 Å². The zero-order valence-electron chi connectivity index (χ0n) is 14.3. The summed E-state index contributed by atoms with van der Waals surface area (Å²) in [7, 11) is 0. The molecule has 1 aromatic carbocycles. The first kappa shape index (κ1) is 16.2. The van der Waals surface area contributed by atoms with Crippen LogP contribution in [-0.4, -0.2) is 10.9 Å². The van der Waals surface area contributed by atoms with Gasteiger partial charge in [0.05, 0.1) is 17.3 Å². The third kappa shape index (κ3) is 2.90. The van der Waals surface area contributed by atoms with Crippen molar-refractivity contribution in [2.45, 2.75) is 45.1 Å². The fourth-order valence-electron chi connectivity index (χ4n) is 3.40. The van der Waals surface area contributed by atoms with Crippen LogP contribution < -0.4 is 5.32 Å². The van der Waals surface area contributed by atoms with Crippen LogP contribution in [0.2, 0.25) is 0 Å². The Morgan fingerprint density at radius 3 is 2.75 bits per heavy atom. The maximum atomic E-state index is 12.6. The van der Waals surface area contributed by atoms with Crippen molar-refractivity contribution in [3.05, 3.63) is 64.5 Å². The number of hydrogen-bond acceptors (Lipinski definition) is 3. The van der Waals surface area contributed by atoms with Crippen molar-refractivity contribution in [1.82, 2.24) is 10.3 Å². The van der Waals surface area contributed by atoms with Crippen LogP contribution in [0, 0.1) is 18.3 Å². The van der Waals surface area contributed by atoms with Crippen molar-refractivity contribution in [2.24, 2.45) is 0 Å². The molecule has 2 aromatic rings. The smallest absolute Gasteiger partial charge is 0.270 e. The molecule has 1 atom stereocenters. The number of carbonyl (C=O) groups is 1. The molecule has 0 saturated carbocycles. The van der Waals surface area contributed by atoms with Gasteiger partial charge in [0.1, 0.15) is 11.8 Å². The summed E-state index contributed by atoms with van der Waals surface area (Å²) < 4.78 is 0. The van der Waals surface area contributed by atoms with E-state index in [0.717, 1.165) is 12.8 Å². The molecule has 0 bridgehead atoms. The molecule has 3 rings (SSSR count). The number of benzene rings is 1. The number of amides is 1. The number of nitrogens with zero attached hydrogens (tertiary/aromatic N) is 2. The molecule has 1 aliphatic carbocycles. The SMILES string of the molecule is Cc1nc(C(=O)NC2CCC(C)(C)c3ccccc32)ccc1C#N. The largest absolute Gasteiger partial charge is 0.344 e. The van der Waals surface area contributed by atoms with Gasteiger partial charge in [-0.25, -0.2) is 4.98 Å². The Bertz CT molecular complexity index is 833. The lowest BCUT2D eigenvalue weighted by Gasteiger charge is -2.37. The second-order valence-electron chi connectivity index (χ2n) is 6.98. The summed E-state index contributed by atoms with van der Waals surface area (Å²) in [6, 6.07) is 13.6.